The number of carbonyl (C=O) groups is 2. The van der Waals surface area contributed by atoms with Gasteiger partial charge < -0.3 is 15.0 Å². The third-order valence-corrected chi connectivity index (χ3v) is 8.46. The molecule has 0 fully saturated rings. The van der Waals surface area contributed by atoms with E-state index < -0.39 is 28.5 Å². The summed E-state index contributed by atoms with van der Waals surface area (Å²) in [5.74, 6) is -0.482. The van der Waals surface area contributed by atoms with Gasteiger partial charge >= 0.3 is 0 Å². The van der Waals surface area contributed by atoms with Crippen LogP contribution in [0.2, 0.25) is 0 Å². The number of nitrogens with zero attached hydrogens (tertiary/aromatic N) is 2. The topological polar surface area (TPSA) is 96.0 Å². The number of rotatable bonds is 13. The molecule has 40 heavy (non-hydrogen) atoms. The lowest BCUT2D eigenvalue weighted by atomic mass is 10.1. The minimum absolute atomic E-state index is 0.0503. The van der Waals surface area contributed by atoms with Crippen LogP contribution in [0.1, 0.15) is 45.2 Å². The third-order valence-electron chi connectivity index (χ3n) is 6.69. The van der Waals surface area contributed by atoms with Crippen molar-refractivity contribution in [1.82, 2.24) is 10.2 Å². The molecule has 3 rings (SSSR count). The van der Waals surface area contributed by atoms with E-state index in [0.717, 1.165) is 21.9 Å². The van der Waals surface area contributed by atoms with Gasteiger partial charge in [0.25, 0.3) is 10.0 Å². The molecule has 0 saturated heterocycles. The molecular weight excluding hydrogens is 526 g/mol. The van der Waals surface area contributed by atoms with Crippen LogP contribution in [0.4, 0.5) is 5.69 Å². The van der Waals surface area contributed by atoms with E-state index in [4.69, 9.17) is 4.74 Å². The Morgan fingerprint density at radius 3 is 2.15 bits per heavy atom. The van der Waals surface area contributed by atoms with E-state index in [-0.39, 0.29) is 29.1 Å². The summed E-state index contributed by atoms with van der Waals surface area (Å²) in [6.45, 7) is 9.13. The van der Waals surface area contributed by atoms with Crippen molar-refractivity contribution >= 4 is 27.5 Å². The quantitative estimate of drug-likeness (QED) is 0.317. The molecule has 0 spiro atoms. The molecule has 3 aromatic rings. The predicted octanol–water partition coefficient (Wildman–Crippen LogP) is 4.92. The SMILES string of the molecule is CCOc1ccccc1N(CC(=O)N(Cc1ccccc1)[C@@H](C)C(=O)N[C@H](C)CC)S(=O)(=O)c1ccc(C)cc1. The second kappa shape index (κ2) is 14.0. The van der Waals surface area contributed by atoms with Gasteiger partial charge in [0.05, 0.1) is 17.2 Å². The lowest BCUT2D eigenvalue weighted by Crippen LogP contribution is -2.52. The van der Waals surface area contributed by atoms with Gasteiger partial charge in [0.1, 0.15) is 18.3 Å². The number of aryl methyl sites for hydroxylation is 1. The van der Waals surface area contributed by atoms with Gasteiger partial charge in [-0.15, -0.1) is 0 Å². The molecule has 0 aliphatic heterocycles. The summed E-state index contributed by atoms with van der Waals surface area (Å²) in [5, 5.41) is 2.94. The molecule has 0 aliphatic carbocycles. The molecule has 8 nitrogen and oxygen atoms in total. The lowest BCUT2D eigenvalue weighted by molar-refractivity contribution is -0.139. The van der Waals surface area contributed by atoms with E-state index in [1.54, 1.807) is 50.2 Å². The zero-order chi connectivity index (χ0) is 29.3. The fourth-order valence-electron chi connectivity index (χ4n) is 4.12. The number of carbonyl (C=O) groups excluding carboxylic acids is 2. The second-order valence-electron chi connectivity index (χ2n) is 9.73. The first-order valence-corrected chi connectivity index (χ1v) is 15.0. The van der Waals surface area contributed by atoms with E-state index in [0.29, 0.717) is 12.4 Å². The molecule has 3 aromatic carbocycles. The summed E-state index contributed by atoms with van der Waals surface area (Å²) in [4.78, 5) is 28.6. The van der Waals surface area contributed by atoms with Crippen LogP contribution in [0.15, 0.2) is 83.8 Å². The van der Waals surface area contributed by atoms with Gasteiger partial charge in [0.2, 0.25) is 11.8 Å². The molecule has 0 aromatic heterocycles. The van der Waals surface area contributed by atoms with Crippen molar-refractivity contribution in [1.29, 1.82) is 0 Å². The molecule has 1 N–H and O–H groups in total. The van der Waals surface area contributed by atoms with E-state index >= 15 is 0 Å². The number of anilines is 1. The molecule has 0 radical (unpaired) electrons. The molecule has 0 aliphatic rings. The molecule has 2 atom stereocenters. The van der Waals surface area contributed by atoms with Crippen molar-refractivity contribution in [3.63, 3.8) is 0 Å². The largest absolute Gasteiger partial charge is 0.492 e. The maximum atomic E-state index is 14.0. The maximum Gasteiger partial charge on any atom is 0.264 e. The zero-order valence-corrected chi connectivity index (χ0v) is 24.6. The van der Waals surface area contributed by atoms with Crippen LogP contribution in [-0.2, 0) is 26.2 Å². The Bertz CT molecular complexity index is 1380. The normalized spacial score (nSPS) is 12.7. The summed E-state index contributed by atoms with van der Waals surface area (Å²) in [6, 6.07) is 21.6. The van der Waals surface area contributed by atoms with Crippen LogP contribution >= 0.6 is 0 Å². The molecule has 214 valence electrons. The van der Waals surface area contributed by atoms with Gasteiger partial charge in [-0.2, -0.15) is 0 Å². The van der Waals surface area contributed by atoms with Crippen LogP contribution in [0, 0.1) is 6.92 Å². The molecular formula is C31H39N3O5S. The predicted molar refractivity (Wildman–Crippen MR) is 158 cm³/mol. The average molecular weight is 566 g/mol. The Hall–Kier alpha value is -3.85. The van der Waals surface area contributed by atoms with Crippen molar-refractivity contribution in [3.8, 4) is 5.75 Å². The van der Waals surface area contributed by atoms with Gasteiger partial charge in [0.15, 0.2) is 0 Å². The Morgan fingerprint density at radius 1 is 0.900 bits per heavy atom. The molecule has 0 bridgehead atoms. The van der Waals surface area contributed by atoms with Gasteiger partial charge in [-0.3, -0.25) is 13.9 Å². The molecule has 0 saturated carbocycles. The first kappa shape index (κ1) is 30.7. The van der Waals surface area contributed by atoms with Crippen LogP contribution in [0.5, 0.6) is 5.75 Å². The van der Waals surface area contributed by atoms with E-state index in [2.05, 4.69) is 5.32 Å². The van der Waals surface area contributed by atoms with Crippen LogP contribution in [0.25, 0.3) is 0 Å². The fourth-order valence-corrected chi connectivity index (χ4v) is 5.54. The van der Waals surface area contributed by atoms with Crippen molar-refractivity contribution in [2.24, 2.45) is 0 Å². The van der Waals surface area contributed by atoms with Crippen molar-refractivity contribution in [3.05, 3.63) is 90.0 Å². The number of ether oxygens (including phenoxy) is 1. The number of para-hydroxylation sites is 2. The summed E-state index contributed by atoms with van der Waals surface area (Å²) >= 11 is 0. The zero-order valence-electron chi connectivity index (χ0n) is 23.8. The van der Waals surface area contributed by atoms with Crippen LogP contribution < -0.4 is 14.4 Å². The van der Waals surface area contributed by atoms with Crippen molar-refractivity contribution in [2.45, 2.75) is 64.6 Å². The highest BCUT2D eigenvalue weighted by Gasteiger charge is 2.34. The Balaban J connectivity index is 2.06. The molecule has 2 amide bonds. The number of amides is 2. The monoisotopic (exact) mass is 565 g/mol. The number of benzene rings is 3. The summed E-state index contributed by atoms with van der Waals surface area (Å²) in [5.41, 5.74) is 1.97. The highest BCUT2D eigenvalue weighted by atomic mass is 32.2. The number of hydrogen-bond donors (Lipinski definition) is 1. The summed E-state index contributed by atoms with van der Waals surface area (Å²) < 4.78 is 34.9. The average Bonchev–Trinajstić information content (AvgIpc) is 2.95. The molecule has 0 unspecified atom stereocenters. The van der Waals surface area contributed by atoms with Gasteiger partial charge in [0, 0.05) is 12.6 Å². The summed E-state index contributed by atoms with van der Waals surface area (Å²) in [6.07, 6.45) is 0.738. The standard InChI is InChI=1S/C31H39N3O5S/c1-6-24(4)32-31(36)25(5)33(21-26-13-9-8-10-14-26)30(35)22-34(28-15-11-12-16-29(28)39-7-2)40(37,38)27-19-17-23(3)18-20-27/h8-20,24-25H,6-7,21-22H2,1-5H3,(H,32,36)/t24-,25+/m1/s1. The molecule has 0 heterocycles. The molecule has 9 heteroatoms. The third kappa shape index (κ3) is 7.63. The highest BCUT2D eigenvalue weighted by Crippen LogP contribution is 2.33. The van der Waals surface area contributed by atoms with Gasteiger partial charge in [-0.25, -0.2) is 8.42 Å². The first-order chi connectivity index (χ1) is 19.1. The van der Waals surface area contributed by atoms with E-state index in [9.17, 15) is 18.0 Å². The summed E-state index contributed by atoms with van der Waals surface area (Å²) in [7, 11) is -4.18. The first-order valence-electron chi connectivity index (χ1n) is 13.5. The number of sulfonamides is 1. The van der Waals surface area contributed by atoms with Gasteiger partial charge in [-0.1, -0.05) is 67.1 Å². The maximum absolute atomic E-state index is 14.0. The fraction of sp³-hybridized carbons (Fsp3) is 0.355. The van der Waals surface area contributed by atoms with Crippen molar-refractivity contribution in [2.75, 3.05) is 17.5 Å². The highest BCUT2D eigenvalue weighted by molar-refractivity contribution is 7.92. The Kier molecular flexibility index (Phi) is 10.7. The Morgan fingerprint density at radius 2 is 1.52 bits per heavy atom. The second-order valence-corrected chi connectivity index (χ2v) is 11.6. The van der Waals surface area contributed by atoms with Crippen molar-refractivity contribution < 1.29 is 22.7 Å². The smallest absolute Gasteiger partial charge is 0.264 e. The number of hydrogen-bond acceptors (Lipinski definition) is 5. The van der Waals surface area contributed by atoms with Crippen LogP contribution in [-0.4, -0.2) is 50.4 Å². The minimum atomic E-state index is -4.18. The minimum Gasteiger partial charge on any atom is -0.492 e. The van der Waals surface area contributed by atoms with E-state index in [1.807, 2.05) is 51.1 Å². The Labute approximate surface area is 238 Å². The van der Waals surface area contributed by atoms with E-state index in [1.165, 1.54) is 17.0 Å². The number of nitrogens with one attached hydrogen (secondary N) is 1. The van der Waals surface area contributed by atoms with Gasteiger partial charge in [-0.05, 0) is 63.9 Å². The lowest BCUT2D eigenvalue weighted by Gasteiger charge is -2.33. The van der Waals surface area contributed by atoms with Crippen LogP contribution in [0.3, 0.4) is 0 Å².